The zero-order valence-electron chi connectivity index (χ0n) is 12.1. The molecule has 0 aliphatic rings. The highest BCUT2D eigenvalue weighted by Crippen LogP contribution is 2.26. The van der Waals surface area contributed by atoms with Crippen LogP contribution in [0.25, 0.3) is 0 Å². The van der Waals surface area contributed by atoms with Gasteiger partial charge in [0.1, 0.15) is 4.90 Å². The second-order valence-electron chi connectivity index (χ2n) is 4.73. The molecule has 0 saturated carbocycles. The minimum atomic E-state index is -3.90. The lowest BCUT2D eigenvalue weighted by Crippen LogP contribution is -2.31. The van der Waals surface area contributed by atoms with E-state index in [1.54, 1.807) is 0 Å². The summed E-state index contributed by atoms with van der Waals surface area (Å²) in [4.78, 5) is 9.80. The first-order valence-corrected chi connectivity index (χ1v) is 7.72. The number of non-ortho nitro benzene ring substituents is 1. The number of hydrogen-bond donors (Lipinski definition) is 1. The lowest BCUT2D eigenvalue weighted by molar-refractivity contribution is -0.385. The quantitative estimate of drug-likeness (QED) is 0.459. The third-order valence-corrected chi connectivity index (χ3v) is 4.67. The summed E-state index contributed by atoms with van der Waals surface area (Å²) in [7, 11) is -2.53. The SMILES string of the molecule is CC(C)OCCN(C)S(=O)(=O)c1cc([N+](=O)[O-])ccc1N. The normalized spacial score (nSPS) is 12.0. The van der Waals surface area contributed by atoms with Crippen LogP contribution >= 0.6 is 0 Å². The van der Waals surface area contributed by atoms with Gasteiger partial charge < -0.3 is 10.5 Å². The van der Waals surface area contributed by atoms with Gasteiger partial charge in [0.05, 0.1) is 23.3 Å². The Labute approximate surface area is 123 Å². The van der Waals surface area contributed by atoms with Crippen LogP contribution in [0.3, 0.4) is 0 Å². The fourth-order valence-electron chi connectivity index (χ4n) is 1.57. The van der Waals surface area contributed by atoms with E-state index in [2.05, 4.69) is 0 Å². The van der Waals surface area contributed by atoms with Crippen molar-refractivity contribution in [3.63, 3.8) is 0 Å². The summed E-state index contributed by atoms with van der Waals surface area (Å²) in [5.41, 5.74) is 5.28. The molecule has 8 nitrogen and oxygen atoms in total. The van der Waals surface area contributed by atoms with Gasteiger partial charge in [0, 0.05) is 25.7 Å². The molecule has 0 saturated heterocycles. The number of ether oxygens (including phenoxy) is 1. The molecule has 0 atom stereocenters. The number of nitrogens with zero attached hydrogens (tertiary/aromatic N) is 2. The van der Waals surface area contributed by atoms with Gasteiger partial charge in [-0.2, -0.15) is 4.31 Å². The molecular formula is C12H19N3O5S. The number of benzene rings is 1. The monoisotopic (exact) mass is 317 g/mol. The molecule has 9 heteroatoms. The van der Waals surface area contributed by atoms with Crippen molar-refractivity contribution in [2.45, 2.75) is 24.8 Å². The highest BCUT2D eigenvalue weighted by Gasteiger charge is 2.25. The Balaban J connectivity index is 3.01. The van der Waals surface area contributed by atoms with Gasteiger partial charge in [-0.1, -0.05) is 0 Å². The number of sulfonamides is 1. The van der Waals surface area contributed by atoms with Crippen molar-refractivity contribution < 1.29 is 18.1 Å². The molecule has 0 amide bonds. The number of hydrogen-bond acceptors (Lipinski definition) is 6. The van der Waals surface area contributed by atoms with Crippen LogP contribution in [0.15, 0.2) is 23.1 Å². The van der Waals surface area contributed by atoms with Gasteiger partial charge in [0.25, 0.3) is 5.69 Å². The summed E-state index contributed by atoms with van der Waals surface area (Å²) in [6.07, 6.45) is -0.0102. The molecular weight excluding hydrogens is 298 g/mol. The first kappa shape index (κ1) is 17.3. The molecule has 0 fully saturated rings. The van der Waals surface area contributed by atoms with E-state index in [4.69, 9.17) is 10.5 Å². The van der Waals surface area contributed by atoms with Crippen LogP contribution in [0.1, 0.15) is 13.8 Å². The molecule has 1 aromatic carbocycles. The largest absolute Gasteiger partial charge is 0.398 e. The summed E-state index contributed by atoms with van der Waals surface area (Å²) >= 11 is 0. The topological polar surface area (TPSA) is 116 Å². The van der Waals surface area contributed by atoms with Crippen molar-refractivity contribution in [3.8, 4) is 0 Å². The van der Waals surface area contributed by atoms with E-state index < -0.39 is 14.9 Å². The summed E-state index contributed by atoms with van der Waals surface area (Å²) in [6, 6.07) is 3.34. The van der Waals surface area contributed by atoms with Crippen molar-refractivity contribution in [1.29, 1.82) is 0 Å². The second kappa shape index (κ2) is 6.83. The van der Waals surface area contributed by atoms with E-state index in [0.717, 1.165) is 16.4 Å². The molecule has 2 N–H and O–H groups in total. The standard InChI is InChI=1S/C12H19N3O5S/c1-9(2)20-7-6-14(3)21(18,19)12-8-10(15(16)17)4-5-11(12)13/h4-5,8-9H,6-7,13H2,1-3H3. The fourth-order valence-corrected chi connectivity index (χ4v) is 2.85. The van der Waals surface area contributed by atoms with E-state index in [1.165, 1.54) is 13.1 Å². The van der Waals surface area contributed by atoms with Crippen LogP contribution in [0.2, 0.25) is 0 Å². The van der Waals surface area contributed by atoms with Gasteiger partial charge in [-0.25, -0.2) is 8.42 Å². The number of nitro benzene ring substituents is 1. The van der Waals surface area contributed by atoms with E-state index in [9.17, 15) is 18.5 Å². The number of anilines is 1. The minimum Gasteiger partial charge on any atom is -0.398 e. The molecule has 1 aromatic rings. The molecule has 21 heavy (non-hydrogen) atoms. The Hall–Kier alpha value is -1.71. The predicted molar refractivity (Wildman–Crippen MR) is 78.4 cm³/mol. The number of nitro groups is 1. The van der Waals surface area contributed by atoms with E-state index in [0.29, 0.717) is 0 Å². The molecule has 1 rings (SSSR count). The van der Waals surface area contributed by atoms with Gasteiger partial charge in [-0.3, -0.25) is 10.1 Å². The lowest BCUT2D eigenvalue weighted by Gasteiger charge is -2.18. The molecule has 0 heterocycles. The van der Waals surface area contributed by atoms with Crippen molar-refractivity contribution in [3.05, 3.63) is 28.3 Å². The number of nitrogens with two attached hydrogens (primary N) is 1. The summed E-state index contributed by atoms with van der Waals surface area (Å²) < 4.78 is 31.1. The Morgan fingerprint density at radius 2 is 2.05 bits per heavy atom. The highest BCUT2D eigenvalue weighted by atomic mass is 32.2. The molecule has 0 spiro atoms. The van der Waals surface area contributed by atoms with Crippen LogP contribution in [0.5, 0.6) is 0 Å². The smallest absolute Gasteiger partial charge is 0.270 e. The lowest BCUT2D eigenvalue weighted by atomic mass is 10.3. The molecule has 0 radical (unpaired) electrons. The maximum atomic E-state index is 12.4. The molecule has 0 bridgehead atoms. The van der Waals surface area contributed by atoms with Gasteiger partial charge in [-0.15, -0.1) is 0 Å². The molecule has 118 valence electrons. The van der Waals surface area contributed by atoms with Crippen LogP contribution < -0.4 is 5.73 Å². The third-order valence-electron chi connectivity index (χ3n) is 2.75. The molecule has 0 aliphatic heterocycles. The fraction of sp³-hybridized carbons (Fsp3) is 0.500. The summed E-state index contributed by atoms with van der Waals surface area (Å²) in [5, 5.41) is 10.7. The summed E-state index contributed by atoms with van der Waals surface area (Å²) in [6.45, 7) is 4.03. The van der Waals surface area contributed by atoms with Crippen molar-refractivity contribution >= 4 is 21.4 Å². The maximum absolute atomic E-state index is 12.4. The second-order valence-corrected chi connectivity index (χ2v) is 6.74. The first-order valence-electron chi connectivity index (χ1n) is 6.28. The van der Waals surface area contributed by atoms with Crippen molar-refractivity contribution in [2.24, 2.45) is 0 Å². The molecule has 0 aliphatic carbocycles. The zero-order chi connectivity index (χ0) is 16.2. The maximum Gasteiger partial charge on any atom is 0.270 e. The van der Waals surface area contributed by atoms with Crippen LogP contribution in [-0.2, 0) is 14.8 Å². The highest BCUT2D eigenvalue weighted by molar-refractivity contribution is 7.89. The number of likely N-dealkylation sites (N-methyl/N-ethyl adjacent to an activating group) is 1. The van der Waals surface area contributed by atoms with E-state index >= 15 is 0 Å². The van der Waals surface area contributed by atoms with Gasteiger partial charge in [0.2, 0.25) is 10.0 Å². The Bertz CT molecular complexity index is 615. The number of rotatable bonds is 7. The predicted octanol–water partition coefficient (Wildman–Crippen LogP) is 1.22. The van der Waals surface area contributed by atoms with Gasteiger partial charge in [-0.05, 0) is 19.9 Å². The average molecular weight is 317 g/mol. The Kier molecular flexibility index (Phi) is 5.64. The van der Waals surface area contributed by atoms with E-state index in [1.807, 2.05) is 13.8 Å². The number of nitrogen functional groups attached to an aromatic ring is 1. The van der Waals surface area contributed by atoms with Crippen LogP contribution in [-0.4, -0.2) is 43.9 Å². The van der Waals surface area contributed by atoms with Crippen LogP contribution in [0.4, 0.5) is 11.4 Å². The minimum absolute atomic E-state index is 0.0102. The first-order chi connectivity index (χ1) is 9.66. The van der Waals surface area contributed by atoms with Crippen molar-refractivity contribution in [1.82, 2.24) is 4.31 Å². The molecule has 0 unspecified atom stereocenters. The van der Waals surface area contributed by atoms with Crippen LogP contribution in [0, 0.1) is 10.1 Å². The summed E-state index contributed by atoms with van der Waals surface area (Å²) in [5.74, 6) is 0. The molecule has 0 aromatic heterocycles. The Morgan fingerprint density at radius 1 is 1.43 bits per heavy atom. The van der Waals surface area contributed by atoms with E-state index in [-0.39, 0.29) is 35.5 Å². The average Bonchev–Trinajstić information content (AvgIpc) is 2.37. The van der Waals surface area contributed by atoms with Gasteiger partial charge >= 0.3 is 0 Å². The Morgan fingerprint density at radius 3 is 2.57 bits per heavy atom. The van der Waals surface area contributed by atoms with Crippen molar-refractivity contribution in [2.75, 3.05) is 25.9 Å². The third kappa shape index (κ3) is 4.38. The van der Waals surface area contributed by atoms with Gasteiger partial charge in [0.15, 0.2) is 0 Å². The zero-order valence-corrected chi connectivity index (χ0v) is 13.0.